The van der Waals surface area contributed by atoms with Crippen molar-refractivity contribution in [1.29, 1.82) is 0 Å². The quantitative estimate of drug-likeness (QED) is 0.478. The minimum absolute atomic E-state index is 0.472. The van der Waals surface area contributed by atoms with Gasteiger partial charge in [-0.05, 0) is 6.92 Å². The number of aromatic nitrogens is 3. The van der Waals surface area contributed by atoms with Crippen LogP contribution in [0.3, 0.4) is 0 Å². The summed E-state index contributed by atoms with van der Waals surface area (Å²) in [6.07, 6.45) is 6.42. The van der Waals surface area contributed by atoms with Crippen LogP contribution in [0.2, 0.25) is 0 Å². The minimum Gasteiger partial charge on any atom is -0.289 e. The number of fused-ring (bicyclic) bond motifs is 1. The molecule has 5 heteroatoms. The van der Waals surface area contributed by atoms with Crippen molar-refractivity contribution in [3.05, 3.63) is 24.3 Å². The molecule has 0 spiro atoms. The number of aryl methyl sites for hydroxylation is 1. The molecule has 0 amide bonds. The Hall–Kier alpha value is -2.00. The molecule has 2 rings (SSSR count). The first kappa shape index (κ1) is 7.64. The van der Waals surface area contributed by atoms with Gasteiger partial charge in [-0.3, -0.25) is 4.40 Å². The van der Waals surface area contributed by atoms with Gasteiger partial charge in [0.05, 0.1) is 11.9 Å². The third-order valence-corrected chi connectivity index (χ3v) is 1.59. The van der Waals surface area contributed by atoms with E-state index in [2.05, 4.69) is 15.0 Å². The Morgan fingerprint density at radius 1 is 1.54 bits per heavy atom. The lowest BCUT2D eigenvalue weighted by atomic mass is 10.5. The summed E-state index contributed by atoms with van der Waals surface area (Å²) in [6, 6.07) is 0. The van der Waals surface area contributed by atoms with Gasteiger partial charge in [-0.1, -0.05) is 0 Å². The van der Waals surface area contributed by atoms with Crippen LogP contribution in [0.4, 0.5) is 5.69 Å². The molecule has 0 bridgehead atoms. The van der Waals surface area contributed by atoms with Gasteiger partial charge in [-0.25, -0.2) is 14.8 Å². The average Bonchev–Trinajstić information content (AvgIpc) is 2.44. The highest BCUT2D eigenvalue weighted by atomic mass is 16.1. The van der Waals surface area contributed by atoms with E-state index in [9.17, 15) is 4.79 Å². The molecule has 2 aromatic rings. The number of isocyanates is 1. The van der Waals surface area contributed by atoms with Gasteiger partial charge in [0, 0.05) is 12.4 Å². The van der Waals surface area contributed by atoms with Crippen LogP contribution in [0.5, 0.6) is 0 Å². The van der Waals surface area contributed by atoms with Crippen molar-refractivity contribution in [3.8, 4) is 0 Å². The van der Waals surface area contributed by atoms with E-state index in [0.717, 1.165) is 5.69 Å². The van der Waals surface area contributed by atoms with Gasteiger partial charge in [0.2, 0.25) is 11.9 Å². The van der Waals surface area contributed by atoms with E-state index in [1.54, 1.807) is 10.6 Å². The highest BCUT2D eigenvalue weighted by Gasteiger charge is 1.98. The number of hydrogen-bond donors (Lipinski definition) is 0. The summed E-state index contributed by atoms with van der Waals surface area (Å²) < 4.78 is 1.71. The normalized spacial score (nSPS) is 9.92. The fraction of sp³-hybridized carbons (Fsp3) is 0.125. The van der Waals surface area contributed by atoms with Crippen molar-refractivity contribution >= 4 is 17.5 Å². The zero-order chi connectivity index (χ0) is 9.26. The van der Waals surface area contributed by atoms with Gasteiger partial charge in [-0.2, -0.15) is 4.99 Å². The molecule has 0 radical (unpaired) electrons. The molecule has 0 fully saturated rings. The highest BCUT2D eigenvalue weighted by Crippen LogP contribution is 2.10. The molecule has 2 aromatic heterocycles. The van der Waals surface area contributed by atoms with E-state index in [1.165, 1.54) is 12.3 Å². The fourth-order valence-corrected chi connectivity index (χ4v) is 1.10. The number of imidazole rings is 1. The second-order valence-corrected chi connectivity index (χ2v) is 2.60. The molecule has 0 saturated carbocycles. The first-order valence-corrected chi connectivity index (χ1v) is 3.69. The van der Waals surface area contributed by atoms with Crippen molar-refractivity contribution in [2.24, 2.45) is 4.99 Å². The number of hydrogen-bond acceptors (Lipinski definition) is 4. The number of rotatable bonds is 1. The summed E-state index contributed by atoms with van der Waals surface area (Å²) >= 11 is 0. The smallest absolute Gasteiger partial charge is 0.240 e. The van der Waals surface area contributed by atoms with Crippen molar-refractivity contribution in [2.75, 3.05) is 0 Å². The van der Waals surface area contributed by atoms with E-state index in [4.69, 9.17) is 0 Å². The summed E-state index contributed by atoms with van der Waals surface area (Å²) in [5.41, 5.74) is 1.35. The van der Waals surface area contributed by atoms with Crippen LogP contribution in [0.1, 0.15) is 5.69 Å². The second kappa shape index (κ2) is 2.80. The lowest BCUT2D eigenvalue weighted by molar-refractivity contribution is 0.565. The minimum atomic E-state index is 0.472. The van der Waals surface area contributed by atoms with Gasteiger partial charge >= 0.3 is 0 Å². The van der Waals surface area contributed by atoms with Crippen LogP contribution in [-0.4, -0.2) is 20.4 Å². The van der Waals surface area contributed by atoms with Crippen molar-refractivity contribution in [2.45, 2.75) is 6.92 Å². The van der Waals surface area contributed by atoms with Gasteiger partial charge in [0.15, 0.2) is 0 Å². The van der Waals surface area contributed by atoms with Crippen LogP contribution in [0.15, 0.2) is 23.6 Å². The number of nitrogens with zero attached hydrogens (tertiary/aromatic N) is 4. The predicted octanol–water partition coefficient (Wildman–Crippen LogP) is 1.01. The Bertz CT molecular complexity index is 496. The molecular formula is C8H6N4O. The lowest BCUT2D eigenvalue weighted by Gasteiger charge is -1.91. The molecule has 0 aromatic carbocycles. The van der Waals surface area contributed by atoms with Crippen LogP contribution in [0.25, 0.3) is 5.78 Å². The first-order chi connectivity index (χ1) is 6.29. The molecule has 2 heterocycles. The molecule has 0 aliphatic heterocycles. The monoisotopic (exact) mass is 174 g/mol. The Morgan fingerprint density at radius 2 is 2.38 bits per heavy atom. The summed E-state index contributed by atoms with van der Waals surface area (Å²) in [7, 11) is 0. The van der Waals surface area contributed by atoms with E-state index < -0.39 is 0 Å². The maximum atomic E-state index is 9.97. The predicted molar refractivity (Wildman–Crippen MR) is 45.5 cm³/mol. The molecular weight excluding hydrogens is 168 g/mol. The third kappa shape index (κ3) is 1.32. The van der Waals surface area contributed by atoms with E-state index in [-0.39, 0.29) is 0 Å². The van der Waals surface area contributed by atoms with Crippen LogP contribution in [0, 0.1) is 6.92 Å². The molecule has 0 unspecified atom stereocenters. The molecule has 5 nitrogen and oxygen atoms in total. The Kier molecular flexibility index (Phi) is 1.65. The maximum absolute atomic E-state index is 9.97. The van der Waals surface area contributed by atoms with Crippen molar-refractivity contribution < 1.29 is 4.79 Å². The molecule has 0 atom stereocenters. The molecule has 0 aliphatic rings. The molecule has 64 valence electrons. The summed E-state index contributed by atoms with van der Waals surface area (Å²) in [6.45, 7) is 1.87. The first-order valence-electron chi connectivity index (χ1n) is 3.69. The standard InChI is InChI=1S/C8H6N4O/c1-6-3-12-4-7(10-5-13)2-9-8(12)11-6/h2-4H,1H3. The maximum Gasteiger partial charge on any atom is 0.240 e. The molecule has 0 N–H and O–H groups in total. The zero-order valence-electron chi connectivity index (χ0n) is 6.93. The van der Waals surface area contributed by atoms with E-state index in [1.807, 2.05) is 13.1 Å². The van der Waals surface area contributed by atoms with Gasteiger partial charge in [0.1, 0.15) is 5.69 Å². The Labute approximate surface area is 73.8 Å². The highest BCUT2D eigenvalue weighted by molar-refractivity contribution is 5.48. The van der Waals surface area contributed by atoms with Crippen molar-refractivity contribution in [3.63, 3.8) is 0 Å². The fourth-order valence-electron chi connectivity index (χ4n) is 1.10. The summed E-state index contributed by atoms with van der Waals surface area (Å²) in [5.74, 6) is 0.599. The number of carbonyl (C=O) groups excluding carboxylic acids is 1. The average molecular weight is 174 g/mol. The summed E-state index contributed by atoms with van der Waals surface area (Å²) in [5, 5.41) is 0. The Morgan fingerprint density at radius 3 is 3.15 bits per heavy atom. The van der Waals surface area contributed by atoms with Gasteiger partial charge in [0.25, 0.3) is 0 Å². The van der Waals surface area contributed by atoms with E-state index >= 15 is 0 Å². The SMILES string of the molecule is Cc1cn2cc(N=C=O)cnc2n1. The van der Waals surface area contributed by atoms with Crippen LogP contribution < -0.4 is 0 Å². The van der Waals surface area contributed by atoms with Crippen LogP contribution >= 0.6 is 0 Å². The zero-order valence-corrected chi connectivity index (χ0v) is 6.93. The molecule has 13 heavy (non-hydrogen) atoms. The van der Waals surface area contributed by atoms with Gasteiger partial charge < -0.3 is 0 Å². The largest absolute Gasteiger partial charge is 0.289 e. The molecule has 0 saturated heterocycles. The van der Waals surface area contributed by atoms with Crippen molar-refractivity contribution in [1.82, 2.24) is 14.4 Å². The van der Waals surface area contributed by atoms with Crippen LogP contribution in [-0.2, 0) is 4.79 Å². The second-order valence-electron chi connectivity index (χ2n) is 2.60. The Balaban J connectivity index is 2.67. The summed E-state index contributed by atoms with van der Waals surface area (Å²) in [4.78, 5) is 21.5. The molecule has 0 aliphatic carbocycles. The third-order valence-electron chi connectivity index (χ3n) is 1.59. The van der Waals surface area contributed by atoms with Gasteiger partial charge in [-0.15, -0.1) is 0 Å². The van der Waals surface area contributed by atoms with E-state index in [0.29, 0.717) is 11.5 Å². The number of aliphatic imine (C=N–C) groups is 1. The lowest BCUT2D eigenvalue weighted by Crippen LogP contribution is -1.85. The topological polar surface area (TPSA) is 59.6 Å².